The van der Waals surface area contributed by atoms with Crippen molar-refractivity contribution in [1.29, 1.82) is 0 Å². The molecule has 3 rings (SSSR count). The number of ether oxygens (including phenoxy) is 2. The summed E-state index contributed by atoms with van der Waals surface area (Å²) < 4.78 is 10.7. The van der Waals surface area contributed by atoms with E-state index in [1.165, 1.54) is 26.0 Å². The number of methoxy groups -OCH3 is 2. The van der Waals surface area contributed by atoms with Gasteiger partial charge in [0.2, 0.25) is 0 Å². The largest absolute Gasteiger partial charge is 0.507 e. The number of aryl methyl sites for hydroxylation is 1. The van der Waals surface area contributed by atoms with E-state index < -0.39 is 23.8 Å². The van der Waals surface area contributed by atoms with Crippen LogP contribution in [0, 0.1) is 6.92 Å². The van der Waals surface area contributed by atoms with Crippen molar-refractivity contribution in [3.05, 3.63) is 64.7 Å². The minimum absolute atomic E-state index is 0.0482. The highest BCUT2D eigenvalue weighted by Gasteiger charge is 2.47. The van der Waals surface area contributed by atoms with Crippen LogP contribution in [0.25, 0.3) is 5.76 Å². The van der Waals surface area contributed by atoms with E-state index in [1.54, 1.807) is 30.3 Å². The summed E-state index contributed by atoms with van der Waals surface area (Å²) in [6, 6.07) is 11.1. The lowest BCUT2D eigenvalue weighted by Gasteiger charge is -2.27. The van der Waals surface area contributed by atoms with Crippen LogP contribution in [0.2, 0.25) is 0 Å². The van der Waals surface area contributed by atoms with Crippen LogP contribution in [-0.4, -0.2) is 53.7 Å². The maximum absolute atomic E-state index is 12.9. The molecule has 2 N–H and O–H groups in total. The fourth-order valence-corrected chi connectivity index (χ4v) is 3.59. The van der Waals surface area contributed by atoms with Crippen LogP contribution in [0.4, 0.5) is 0 Å². The normalized spacial score (nSPS) is 19.1. The van der Waals surface area contributed by atoms with Gasteiger partial charge in [0.15, 0.2) is 0 Å². The number of carbonyl (C=O) groups excluding carboxylic acids is 2. The molecule has 1 aliphatic rings. The second-order valence-electron chi connectivity index (χ2n) is 7.27. The molecule has 2 atom stereocenters. The molecule has 1 aliphatic heterocycles. The summed E-state index contributed by atoms with van der Waals surface area (Å²) in [6.07, 6.45) is -0.866. The number of nitrogens with zero attached hydrogens (tertiary/aromatic N) is 1. The van der Waals surface area contributed by atoms with Crippen molar-refractivity contribution in [3.63, 3.8) is 0 Å². The van der Waals surface area contributed by atoms with Crippen molar-refractivity contribution in [2.24, 2.45) is 0 Å². The molecule has 1 saturated heterocycles. The zero-order valence-corrected chi connectivity index (χ0v) is 17.4. The Labute approximate surface area is 175 Å². The van der Waals surface area contributed by atoms with Crippen molar-refractivity contribution < 1.29 is 29.3 Å². The Morgan fingerprint density at radius 1 is 1.10 bits per heavy atom. The van der Waals surface area contributed by atoms with E-state index in [1.807, 2.05) is 19.1 Å². The number of hydrogen-bond acceptors (Lipinski definition) is 6. The molecular formula is C23H25NO6. The third-order valence-electron chi connectivity index (χ3n) is 5.06. The highest BCUT2D eigenvalue weighted by Crippen LogP contribution is 2.43. The number of rotatable bonds is 6. The minimum atomic E-state index is -0.915. The molecule has 0 unspecified atom stereocenters. The molecule has 2 aromatic rings. The molecule has 0 saturated carbocycles. The van der Waals surface area contributed by atoms with Crippen LogP contribution in [-0.2, 0) is 9.59 Å². The highest BCUT2D eigenvalue weighted by molar-refractivity contribution is 6.46. The first-order valence-corrected chi connectivity index (χ1v) is 9.54. The summed E-state index contributed by atoms with van der Waals surface area (Å²) in [7, 11) is 2.99. The van der Waals surface area contributed by atoms with Gasteiger partial charge in [-0.1, -0.05) is 29.8 Å². The van der Waals surface area contributed by atoms with Crippen LogP contribution < -0.4 is 9.47 Å². The molecule has 30 heavy (non-hydrogen) atoms. The zero-order chi connectivity index (χ0) is 22.0. The van der Waals surface area contributed by atoms with Gasteiger partial charge in [0.1, 0.15) is 17.3 Å². The van der Waals surface area contributed by atoms with E-state index in [4.69, 9.17) is 9.47 Å². The molecular weight excluding hydrogens is 386 g/mol. The van der Waals surface area contributed by atoms with Crippen LogP contribution in [0.5, 0.6) is 11.5 Å². The molecule has 0 aliphatic carbocycles. The molecule has 0 aromatic heterocycles. The maximum atomic E-state index is 12.9. The molecule has 0 spiro atoms. The molecule has 1 fully saturated rings. The van der Waals surface area contributed by atoms with Gasteiger partial charge in [-0.05, 0) is 26.0 Å². The number of ketones is 1. The van der Waals surface area contributed by atoms with E-state index in [9.17, 15) is 19.8 Å². The van der Waals surface area contributed by atoms with Gasteiger partial charge >= 0.3 is 0 Å². The van der Waals surface area contributed by atoms with Gasteiger partial charge in [0.25, 0.3) is 11.7 Å². The molecule has 0 radical (unpaired) electrons. The molecule has 7 nitrogen and oxygen atoms in total. The van der Waals surface area contributed by atoms with Gasteiger partial charge in [0, 0.05) is 23.7 Å². The molecule has 1 heterocycles. The fourth-order valence-electron chi connectivity index (χ4n) is 3.59. The second kappa shape index (κ2) is 8.59. The standard InChI is InChI=1S/C23H25NO6/c1-13-5-7-15(8-6-13)21(26)19-20(24(12-14(2)25)23(28)22(19)27)17-10-9-16(29-3)11-18(17)30-4/h5-11,14,20,25-26H,12H2,1-4H3/t14-,20-/m0/s1. The number of Topliss-reactive ketones (excluding diaryl/α,β-unsaturated/α-hetero) is 1. The SMILES string of the molecule is COc1ccc([C@H]2C(=C(O)c3ccc(C)cc3)C(=O)C(=O)N2C[C@H](C)O)c(OC)c1. The van der Waals surface area contributed by atoms with Crippen molar-refractivity contribution in [2.45, 2.75) is 26.0 Å². The predicted molar refractivity (Wildman–Crippen MR) is 111 cm³/mol. The zero-order valence-electron chi connectivity index (χ0n) is 17.4. The van der Waals surface area contributed by atoms with E-state index >= 15 is 0 Å². The molecule has 158 valence electrons. The number of aliphatic hydroxyl groups is 2. The van der Waals surface area contributed by atoms with Gasteiger partial charge in [-0.2, -0.15) is 0 Å². The molecule has 0 bridgehead atoms. The Balaban J connectivity index is 2.24. The predicted octanol–water partition coefficient (Wildman–Crippen LogP) is 2.81. The van der Waals surface area contributed by atoms with Crippen molar-refractivity contribution in [2.75, 3.05) is 20.8 Å². The van der Waals surface area contributed by atoms with Crippen molar-refractivity contribution in [1.82, 2.24) is 4.90 Å². The number of β-amino-alcohol motifs (C(OH)–C–C–N with tert-alkyl or cyclic N) is 1. The number of benzene rings is 2. The fraction of sp³-hybridized carbons (Fsp3) is 0.304. The monoisotopic (exact) mass is 411 g/mol. The summed E-state index contributed by atoms with van der Waals surface area (Å²) in [5.41, 5.74) is 1.88. The first-order valence-electron chi connectivity index (χ1n) is 9.54. The average molecular weight is 411 g/mol. The summed E-state index contributed by atoms with van der Waals surface area (Å²) in [4.78, 5) is 27.0. The number of likely N-dealkylation sites (tertiary alicyclic amines) is 1. The van der Waals surface area contributed by atoms with Crippen LogP contribution in [0.3, 0.4) is 0 Å². The first-order chi connectivity index (χ1) is 14.3. The third kappa shape index (κ3) is 3.89. The number of aliphatic hydroxyl groups excluding tert-OH is 2. The highest BCUT2D eigenvalue weighted by atomic mass is 16.5. The molecule has 1 amide bonds. The van der Waals surface area contributed by atoms with Gasteiger partial charge in [-0.15, -0.1) is 0 Å². The van der Waals surface area contributed by atoms with Gasteiger partial charge < -0.3 is 24.6 Å². The minimum Gasteiger partial charge on any atom is -0.507 e. The maximum Gasteiger partial charge on any atom is 0.295 e. The Bertz CT molecular complexity index is 993. The smallest absolute Gasteiger partial charge is 0.295 e. The van der Waals surface area contributed by atoms with Crippen molar-refractivity contribution >= 4 is 17.4 Å². The lowest BCUT2D eigenvalue weighted by molar-refractivity contribution is -0.140. The quantitative estimate of drug-likeness (QED) is 0.431. The van der Waals surface area contributed by atoms with E-state index in [2.05, 4.69) is 0 Å². The topological polar surface area (TPSA) is 96.3 Å². The number of amides is 1. The van der Waals surface area contributed by atoms with E-state index in [0.717, 1.165) is 5.56 Å². The van der Waals surface area contributed by atoms with Gasteiger partial charge in [-0.25, -0.2) is 0 Å². The summed E-state index contributed by atoms with van der Waals surface area (Å²) in [5.74, 6) is -0.929. The number of hydrogen-bond donors (Lipinski definition) is 2. The summed E-state index contributed by atoms with van der Waals surface area (Å²) in [5, 5.41) is 20.9. The molecule has 2 aromatic carbocycles. The lowest BCUT2D eigenvalue weighted by Crippen LogP contribution is -2.35. The van der Waals surface area contributed by atoms with Crippen LogP contribution in [0.15, 0.2) is 48.0 Å². The van der Waals surface area contributed by atoms with Crippen molar-refractivity contribution in [3.8, 4) is 11.5 Å². The van der Waals surface area contributed by atoms with Crippen LogP contribution in [0.1, 0.15) is 29.7 Å². The van der Waals surface area contributed by atoms with E-state index in [-0.39, 0.29) is 17.9 Å². The second-order valence-corrected chi connectivity index (χ2v) is 7.27. The third-order valence-corrected chi connectivity index (χ3v) is 5.06. The first kappa shape index (κ1) is 21.4. The Morgan fingerprint density at radius 3 is 2.33 bits per heavy atom. The van der Waals surface area contributed by atoms with Gasteiger partial charge in [0.05, 0.1) is 31.9 Å². The lowest BCUT2D eigenvalue weighted by atomic mass is 9.94. The molecule has 7 heteroatoms. The van der Waals surface area contributed by atoms with Gasteiger partial charge in [-0.3, -0.25) is 9.59 Å². The average Bonchev–Trinajstić information content (AvgIpc) is 2.97. The van der Waals surface area contributed by atoms with E-state index in [0.29, 0.717) is 22.6 Å². The Morgan fingerprint density at radius 2 is 1.77 bits per heavy atom. The Kier molecular flexibility index (Phi) is 6.12. The summed E-state index contributed by atoms with van der Waals surface area (Å²) >= 11 is 0. The Hall–Kier alpha value is -3.32. The number of carbonyl (C=O) groups is 2. The summed E-state index contributed by atoms with van der Waals surface area (Å²) in [6.45, 7) is 3.37. The van der Waals surface area contributed by atoms with Crippen LogP contribution >= 0.6 is 0 Å².